The number of aryl methyl sites for hydroxylation is 1. The first-order valence-corrected chi connectivity index (χ1v) is 6.75. The molecule has 1 unspecified atom stereocenters. The molecule has 1 amide bonds. The van der Waals surface area contributed by atoms with Gasteiger partial charge in [-0.05, 0) is 43.9 Å². The minimum absolute atomic E-state index is 0. The van der Waals surface area contributed by atoms with Crippen molar-refractivity contribution in [2.24, 2.45) is 5.41 Å². The van der Waals surface area contributed by atoms with Crippen molar-refractivity contribution in [1.82, 2.24) is 10.6 Å². The molecule has 5 heteroatoms. The third-order valence-electron chi connectivity index (χ3n) is 3.73. The second kappa shape index (κ2) is 7.04. The quantitative estimate of drug-likeness (QED) is 0.901. The smallest absolute Gasteiger partial charge is 0.254 e. The molecule has 1 atom stereocenters. The van der Waals surface area contributed by atoms with Crippen LogP contribution >= 0.6 is 12.4 Å². The van der Waals surface area contributed by atoms with E-state index in [-0.39, 0.29) is 29.3 Å². The minimum Gasteiger partial charge on any atom is -0.351 e. The molecule has 1 aromatic carbocycles. The predicted octanol–water partition coefficient (Wildman–Crippen LogP) is 2.68. The van der Waals surface area contributed by atoms with Gasteiger partial charge in [-0.2, -0.15) is 0 Å². The van der Waals surface area contributed by atoms with E-state index in [1.807, 2.05) is 6.92 Å². The number of carbonyl (C=O) groups is 1. The monoisotopic (exact) mass is 300 g/mol. The van der Waals surface area contributed by atoms with E-state index in [9.17, 15) is 9.18 Å². The lowest BCUT2D eigenvalue weighted by Gasteiger charge is -2.34. The van der Waals surface area contributed by atoms with E-state index in [1.54, 1.807) is 12.1 Å². The highest BCUT2D eigenvalue weighted by Gasteiger charge is 2.27. The highest BCUT2D eigenvalue weighted by molar-refractivity contribution is 5.94. The zero-order valence-corrected chi connectivity index (χ0v) is 12.8. The zero-order valence-electron chi connectivity index (χ0n) is 12.0. The van der Waals surface area contributed by atoms with Gasteiger partial charge >= 0.3 is 0 Å². The van der Waals surface area contributed by atoms with Gasteiger partial charge in [0.1, 0.15) is 5.82 Å². The largest absolute Gasteiger partial charge is 0.351 e. The first kappa shape index (κ1) is 16.9. The Balaban J connectivity index is 0.00000200. The summed E-state index contributed by atoms with van der Waals surface area (Å²) < 4.78 is 13.6. The molecule has 1 saturated heterocycles. The molecule has 0 bridgehead atoms. The molecule has 1 fully saturated rings. The van der Waals surface area contributed by atoms with Crippen molar-refractivity contribution in [3.63, 3.8) is 0 Å². The molecular weight excluding hydrogens is 279 g/mol. The average molecular weight is 301 g/mol. The van der Waals surface area contributed by atoms with Crippen molar-refractivity contribution in [2.45, 2.75) is 26.7 Å². The van der Waals surface area contributed by atoms with E-state index in [0.717, 1.165) is 31.5 Å². The molecule has 2 N–H and O–H groups in total. The van der Waals surface area contributed by atoms with Gasteiger partial charge in [-0.3, -0.25) is 4.79 Å². The number of halogens is 2. The van der Waals surface area contributed by atoms with Crippen molar-refractivity contribution < 1.29 is 9.18 Å². The van der Waals surface area contributed by atoms with Crippen molar-refractivity contribution in [3.05, 3.63) is 35.1 Å². The van der Waals surface area contributed by atoms with Crippen LogP contribution in [0.2, 0.25) is 0 Å². The van der Waals surface area contributed by atoms with Gasteiger partial charge in [-0.15, -0.1) is 12.4 Å². The van der Waals surface area contributed by atoms with Crippen LogP contribution in [0.15, 0.2) is 18.2 Å². The van der Waals surface area contributed by atoms with Crippen LogP contribution in [0.1, 0.15) is 35.7 Å². The fourth-order valence-corrected chi connectivity index (χ4v) is 2.47. The molecule has 0 aliphatic carbocycles. The van der Waals surface area contributed by atoms with Gasteiger partial charge < -0.3 is 10.6 Å². The van der Waals surface area contributed by atoms with Crippen LogP contribution in [-0.4, -0.2) is 25.5 Å². The molecule has 112 valence electrons. The number of hydrogen-bond acceptors (Lipinski definition) is 2. The Kier molecular flexibility index (Phi) is 5.96. The Morgan fingerprint density at radius 1 is 1.50 bits per heavy atom. The second-order valence-electron chi connectivity index (χ2n) is 5.76. The molecule has 1 heterocycles. The number of hydrogen-bond donors (Lipinski definition) is 2. The van der Waals surface area contributed by atoms with E-state index >= 15 is 0 Å². The SMILES string of the molecule is Cc1ccc(F)c(C(=O)NCC2(C)CCCNC2)c1.Cl. The van der Waals surface area contributed by atoms with Gasteiger partial charge in [-0.1, -0.05) is 18.6 Å². The van der Waals surface area contributed by atoms with Crippen LogP contribution in [0.5, 0.6) is 0 Å². The Labute approximate surface area is 125 Å². The highest BCUT2D eigenvalue weighted by atomic mass is 35.5. The second-order valence-corrected chi connectivity index (χ2v) is 5.76. The van der Waals surface area contributed by atoms with Crippen molar-refractivity contribution in [1.29, 1.82) is 0 Å². The van der Waals surface area contributed by atoms with Gasteiger partial charge in [0, 0.05) is 13.1 Å². The lowest BCUT2D eigenvalue weighted by Crippen LogP contribution is -2.45. The predicted molar refractivity (Wildman–Crippen MR) is 80.9 cm³/mol. The number of piperidine rings is 1. The topological polar surface area (TPSA) is 41.1 Å². The number of carbonyl (C=O) groups excluding carboxylic acids is 1. The van der Waals surface area contributed by atoms with Crippen molar-refractivity contribution >= 4 is 18.3 Å². The van der Waals surface area contributed by atoms with E-state index in [1.165, 1.54) is 6.07 Å². The van der Waals surface area contributed by atoms with Crippen molar-refractivity contribution in [2.75, 3.05) is 19.6 Å². The van der Waals surface area contributed by atoms with E-state index < -0.39 is 5.82 Å². The van der Waals surface area contributed by atoms with E-state index in [0.29, 0.717) is 6.54 Å². The fraction of sp³-hybridized carbons (Fsp3) is 0.533. The summed E-state index contributed by atoms with van der Waals surface area (Å²) >= 11 is 0. The molecule has 1 aliphatic heterocycles. The maximum atomic E-state index is 13.6. The summed E-state index contributed by atoms with van der Waals surface area (Å²) in [5.74, 6) is -0.789. The zero-order chi connectivity index (χ0) is 13.9. The number of benzene rings is 1. The molecule has 1 aromatic rings. The lowest BCUT2D eigenvalue weighted by atomic mass is 9.83. The minimum atomic E-state index is -0.463. The first-order valence-electron chi connectivity index (χ1n) is 6.75. The van der Waals surface area contributed by atoms with Crippen molar-refractivity contribution in [3.8, 4) is 0 Å². The summed E-state index contributed by atoms with van der Waals surface area (Å²) in [4.78, 5) is 12.0. The standard InChI is InChI=1S/C15H21FN2O.ClH/c1-11-4-5-13(16)12(8-11)14(19)18-10-15(2)6-3-7-17-9-15;/h4-5,8,17H,3,6-7,9-10H2,1-2H3,(H,18,19);1H. The number of amides is 1. The third-order valence-corrected chi connectivity index (χ3v) is 3.73. The van der Waals surface area contributed by atoms with Crippen LogP contribution in [0.3, 0.4) is 0 Å². The third kappa shape index (κ3) is 4.18. The van der Waals surface area contributed by atoms with Crippen LogP contribution in [0.25, 0.3) is 0 Å². The van der Waals surface area contributed by atoms with Gasteiger partial charge in [0.15, 0.2) is 0 Å². The molecule has 0 radical (unpaired) electrons. The molecule has 0 saturated carbocycles. The highest BCUT2D eigenvalue weighted by Crippen LogP contribution is 2.24. The molecule has 20 heavy (non-hydrogen) atoms. The summed E-state index contributed by atoms with van der Waals surface area (Å²) in [6.07, 6.45) is 2.20. The molecular formula is C15H22ClFN2O. The maximum absolute atomic E-state index is 13.6. The van der Waals surface area contributed by atoms with Crippen LogP contribution in [0, 0.1) is 18.2 Å². The first-order chi connectivity index (χ1) is 9.00. The van der Waals surface area contributed by atoms with Gasteiger partial charge in [0.05, 0.1) is 5.56 Å². The summed E-state index contributed by atoms with van der Waals surface area (Å²) in [5.41, 5.74) is 1.08. The molecule has 1 aliphatic rings. The Morgan fingerprint density at radius 3 is 2.90 bits per heavy atom. The summed E-state index contributed by atoms with van der Waals surface area (Å²) in [7, 11) is 0. The van der Waals surface area contributed by atoms with E-state index in [4.69, 9.17) is 0 Å². The lowest BCUT2D eigenvalue weighted by molar-refractivity contribution is 0.0920. The Morgan fingerprint density at radius 2 is 2.25 bits per heavy atom. The average Bonchev–Trinajstić information content (AvgIpc) is 2.40. The Bertz CT molecular complexity index is 473. The summed E-state index contributed by atoms with van der Waals surface area (Å²) in [6.45, 7) is 6.50. The van der Waals surface area contributed by atoms with Gasteiger partial charge in [0.2, 0.25) is 0 Å². The van der Waals surface area contributed by atoms with Gasteiger partial charge in [-0.25, -0.2) is 4.39 Å². The van der Waals surface area contributed by atoms with Gasteiger partial charge in [0.25, 0.3) is 5.91 Å². The molecule has 2 rings (SSSR count). The number of rotatable bonds is 3. The summed E-state index contributed by atoms with van der Waals surface area (Å²) in [5, 5.41) is 6.19. The normalized spacial score (nSPS) is 21.9. The van der Waals surface area contributed by atoms with Crippen LogP contribution < -0.4 is 10.6 Å². The molecule has 0 aromatic heterocycles. The number of nitrogens with one attached hydrogen (secondary N) is 2. The maximum Gasteiger partial charge on any atom is 0.254 e. The Hall–Kier alpha value is -1.13. The fourth-order valence-electron chi connectivity index (χ4n) is 2.47. The summed E-state index contributed by atoms with van der Waals surface area (Å²) in [6, 6.07) is 4.60. The van der Waals surface area contributed by atoms with Crippen LogP contribution in [-0.2, 0) is 0 Å². The molecule has 3 nitrogen and oxygen atoms in total. The van der Waals surface area contributed by atoms with E-state index in [2.05, 4.69) is 17.6 Å². The molecule has 0 spiro atoms. The van der Waals surface area contributed by atoms with Crippen LogP contribution in [0.4, 0.5) is 4.39 Å².